The molecule has 0 spiro atoms. The van der Waals surface area contributed by atoms with Gasteiger partial charge < -0.3 is 14.6 Å². The molecule has 0 radical (unpaired) electrons. The molecule has 12 heavy (non-hydrogen) atoms. The molecular weight excluding hydrogens is 168 g/mol. The predicted molar refractivity (Wildman–Crippen MR) is 56.5 cm³/mol. The molecule has 1 rings (SSSR count). The molecule has 4 heteroatoms. The molecule has 1 aliphatic rings. The van der Waals surface area contributed by atoms with Gasteiger partial charge in [0.2, 0.25) is 0 Å². The Morgan fingerprint density at radius 2 is 1.75 bits per heavy atom. The molecule has 1 heterocycles. The minimum absolute atomic E-state index is 0.446. The largest absolute Gasteiger partial charge is 0.426 e. The third-order valence-corrected chi connectivity index (χ3v) is 2.75. The first kappa shape index (κ1) is 12.1. The number of likely N-dealkylation sites (N-methyl/N-ethyl adjacent to an activating group) is 1. The van der Waals surface area contributed by atoms with Crippen LogP contribution in [-0.2, 0) is 4.43 Å². The lowest BCUT2D eigenvalue weighted by Gasteiger charge is -2.21. The quantitative estimate of drug-likeness (QED) is 0.549. The summed E-state index contributed by atoms with van der Waals surface area (Å²) in [6.07, 6.45) is 0.446. The van der Waals surface area contributed by atoms with Gasteiger partial charge in [-0.15, -0.1) is 0 Å². The van der Waals surface area contributed by atoms with Crippen LogP contribution in [0.25, 0.3) is 0 Å². The summed E-state index contributed by atoms with van der Waals surface area (Å²) < 4.78 is 4.89. The van der Waals surface area contributed by atoms with Crippen LogP contribution >= 0.6 is 0 Å². The fourth-order valence-electron chi connectivity index (χ4n) is 0.777. The van der Waals surface area contributed by atoms with Crippen LogP contribution in [0.5, 0.6) is 0 Å². The SMILES string of the molecule is CC(C)O[SiH3].CN1CCNCC1. The Balaban J connectivity index is 0.000000217. The molecule has 74 valence electrons. The van der Waals surface area contributed by atoms with E-state index in [2.05, 4.69) is 17.3 Å². The van der Waals surface area contributed by atoms with Crippen molar-refractivity contribution >= 4 is 10.5 Å². The van der Waals surface area contributed by atoms with Crippen molar-refractivity contribution in [1.29, 1.82) is 0 Å². The summed E-state index contributed by atoms with van der Waals surface area (Å²) in [4.78, 5) is 2.33. The Morgan fingerprint density at radius 1 is 1.33 bits per heavy atom. The van der Waals surface area contributed by atoms with Gasteiger partial charge in [-0.05, 0) is 20.9 Å². The standard InChI is InChI=1S/C5H12N2.C3H10OSi/c1-7-4-2-6-3-5-7;1-3(2)4-5/h6H,2-5H2,1H3;3H,1-2,5H3. The summed E-state index contributed by atoms with van der Waals surface area (Å²) in [5, 5.41) is 3.27. The lowest BCUT2D eigenvalue weighted by atomic mass is 10.4. The van der Waals surface area contributed by atoms with Crippen LogP contribution in [0.1, 0.15) is 13.8 Å². The second-order valence-electron chi connectivity index (χ2n) is 3.34. The average molecular weight is 190 g/mol. The summed E-state index contributed by atoms with van der Waals surface area (Å²) in [5.74, 6) is 0. The van der Waals surface area contributed by atoms with E-state index >= 15 is 0 Å². The number of rotatable bonds is 1. The third-order valence-electron chi connectivity index (χ3n) is 1.81. The van der Waals surface area contributed by atoms with Crippen molar-refractivity contribution in [1.82, 2.24) is 10.2 Å². The van der Waals surface area contributed by atoms with Crippen LogP contribution in [0.4, 0.5) is 0 Å². The highest BCUT2D eigenvalue weighted by Crippen LogP contribution is 1.83. The minimum Gasteiger partial charge on any atom is -0.426 e. The molecule has 0 unspecified atom stereocenters. The summed E-state index contributed by atoms with van der Waals surface area (Å²) in [5.41, 5.74) is 0. The maximum absolute atomic E-state index is 4.89. The zero-order valence-corrected chi connectivity index (χ0v) is 10.8. The molecule has 1 fully saturated rings. The van der Waals surface area contributed by atoms with Gasteiger partial charge in [0.25, 0.3) is 0 Å². The molecule has 1 aliphatic heterocycles. The lowest BCUT2D eigenvalue weighted by molar-refractivity contribution is 0.267. The van der Waals surface area contributed by atoms with Crippen LogP contribution < -0.4 is 5.32 Å². The van der Waals surface area contributed by atoms with E-state index in [-0.39, 0.29) is 0 Å². The van der Waals surface area contributed by atoms with E-state index in [0.717, 1.165) is 23.6 Å². The van der Waals surface area contributed by atoms with E-state index in [1.807, 2.05) is 13.8 Å². The van der Waals surface area contributed by atoms with Crippen molar-refractivity contribution in [3.05, 3.63) is 0 Å². The van der Waals surface area contributed by atoms with Crippen LogP contribution in [0.2, 0.25) is 0 Å². The molecule has 3 nitrogen and oxygen atoms in total. The fourth-order valence-corrected chi connectivity index (χ4v) is 0.777. The number of piperazine rings is 1. The van der Waals surface area contributed by atoms with Gasteiger partial charge in [0, 0.05) is 32.3 Å². The van der Waals surface area contributed by atoms with Crippen LogP contribution in [-0.4, -0.2) is 54.7 Å². The molecule has 0 aliphatic carbocycles. The predicted octanol–water partition coefficient (Wildman–Crippen LogP) is -0.787. The van der Waals surface area contributed by atoms with E-state index < -0.39 is 0 Å². The molecule has 0 amide bonds. The third kappa shape index (κ3) is 8.20. The van der Waals surface area contributed by atoms with Gasteiger partial charge >= 0.3 is 0 Å². The van der Waals surface area contributed by atoms with Gasteiger partial charge in [0.15, 0.2) is 0 Å². The van der Waals surface area contributed by atoms with E-state index in [1.54, 1.807) is 0 Å². The van der Waals surface area contributed by atoms with Crippen molar-refractivity contribution < 1.29 is 4.43 Å². The van der Waals surface area contributed by atoms with Gasteiger partial charge in [0.05, 0.1) is 0 Å². The first-order chi connectivity index (χ1) is 5.66. The molecule has 1 N–H and O–H groups in total. The summed E-state index contributed by atoms with van der Waals surface area (Å²) in [6.45, 7) is 8.81. The van der Waals surface area contributed by atoms with E-state index in [1.165, 1.54) is 13.1 Å². The van der Waals surface area contributed by atoms with Gasteiger partial charge in [-0.25, -0.2) is 0 Å². The highest BCUT2D eigenvalue weighted by molar-refractivity contribution is 5.98. The van der Waals surface area contributed by atoms with Crippen LogP contribution in [0.3, 0.4) is 0 Å². The van der Waals surface area contributed by atoms with Gasteiger partial charge in [-0.1, -0.05) is 0 Å². The Bertz CT molecular complexity index is 95.1. The fraction of sp³-hybridized carbons (Fsp3) is 1.00. The normalized spacial score (nSPS) is 19.0. The Hall–Kier alpha value is 0.0969. The summed E-state index contributed by atoms with van der Waals surface area (Å²) in [7, 11) is 3.03. The van der Waals surface area contributed by atoms with Crippen molar-refractivity contribution in [3.63, 3.8) is 0 Å². The summed E-state index contributed by atoms with van der Waals surface area (Å²) in [6, 6.07) is 0. The number of hydrogen-bond donors (Lipinski definition) is 1. The number of nitrogens with zero attached hydrogens (tertiary/aromatic N) is 1. The Kier molecular flexibility index (Phi) is 7.79. The van der Waals surface area contributed by atoms with Gasteiger partial charge in [-0.2, -0.15) is 0 Å². The van der Waals surface area contributed by atoms with Crippen molar-refractivity contribution in [2.24, 2.45) is 0 Å². The first-order valence-corrected chi connectivity index (χ1v) is 5.40. The first-order valence-electron chi connectivity index (χ1n) is 4.59. The van der Waals surface area contributed by atoms with E-state index in [9.17, 15) is 0 Å². The average Bonchev–Trinajstić information content (AvgIpc) is 2.07. The van der Waals surface area contributed by atoms with E-state index in [0.29, 0.717) is 6.10 Å². The van der Waals surface area contributed by atoms with Crippen LogP contribution in [0, 0.1) is 0 Å². The highest BCUT2D eigenvalue weighted by atomic mass is 28.2. The second-order valence-corrected chi connectivity index (χ2v) is 3.81. The summed E-state index contributed by atoms with van der Waals surface area (Å²) >= 11 is 0. The van der Waals surface area contributed by atoms with E-state index in [4.69, 9.17) is 4.43 Å². The van der Waals surface area contributed by atoms with Crippen molar-refractivity contribution in [2.75, 3.05) is 33.2 Å². The maximum atomic E-state index is 4.89. The van der Waals surface area contributed by atoms with Crippen molar-refractivity contribution in [3.8, 4) is 0 Å². The molecule has 0 bridgehead atoms. The van der Waals surface area contributed by atoms with Crippen molar-refractivity contribution in [2.45, 2.75) is 20.0 Å². The highest BCUT2D eigenvalue weighted by Gasteiger charge is 2.01. The molecule has 0 aromatic carbocycles. The molecule has 0 aromatic rings. The topological polar surface area (TPSA) is 24.5 Å². The zero-order valence-electron chi connectivity index (χ0n) is 8.76. The maximum Gasteiger partial charge on any atom is 0.146 e. The zero-order chi connectivity index (χ0) is 9.40. The molecular formula is C8H22N2OSi. The van der Waals surface area contributed by atoms with Gasteiger partial charge in [0.1, 0.15) is 10.5 Å². The molecule has 1 saturated heterocycles. The molecule has 0 aromatic heterocycles. The number of hydrogen-bond acceptors (Lipinski definition) is 3. The Morgan fingerprint density at radius 3 is 1.92 bits per heavy atom. The second kappa shape index (κ2) is 7.73. The van der Waals surface area contributed by atoms with Gasteiger partial charge in [-0.3, -0.25) is 0 Å². The monoisotopic (exact) mass is 190 g/mol. The molecule has 0 atom stereocenters. The molecule has 0 saturated carbocycles. The minimum atomic E-state index is 0.446. The Labute approximate surface area is 79.0 Å². The smallest absolute Gasteiger partial charge is 0.146 e. The lowest BCUT2D eigenvalue weighted by Crippen LogP contribution is -2.40. The number of nitrogens with one attached hydrogen (secondary N) is 1. The van der Waals surface area contributed by atoms with Crippen LogP contribution in [0.15, 0.2) is 0 Å².